The molecule has 2 N–H and O–H groups in total. The molecule has 1 aromatic rings. The molecule has 3 rings (SSSR count). The number of piperidine rings is 1. The number of nitrogens with two attached hydrogens (primary N) is 1. The average molecular weight is 287 g/mol. The van der Waals surface area contributed by atoms with Crippen molar-refractivity contribution in [1.82, 2.24) is 4.90 Å². The summed E-state index contributed by atoms with van der Waals surface area (Å²) in [4.78, 5) is 16.8. The minimum absolute atomic E-state index is 0.282. The molecule has 1 aliphatic carbocycles. The molecule has 0 spiro atoms. The smallest absolute Gasteiger partial charge is 0.242 e. The molecule has 1 saturated heterocycles. The highest BCUT2D eigenvalue weighted by molar-refractivity contribution is 5.82. The van der Waals surface area contributed by atoms with Crippen molar-refractivity contribution in [2.45, 2.75) is 44.7 Å². The van der Waals surface area contributed by atoms with Gasteiger partial charge in [0.15, 0.2) is 0 Å². The predicted molar refractivity (Wildman–Crippen MR) is 85.1 cm³/mol. The van der Waals surface area contributed by atoms with Crippen LogP contribution in [0.4, 0.5) is 5.69 Å². The van der Waals surface area contributed by atoms with Crippen LogP contribution in [0.25, 0.3) is 0 Å². The Balaban J connectivity index is 1.67. The summed E-state index contributed by atoms with van der Waals surface area (Å²) in [5.41, 5.74) is 7.94. The summed E-state index contributed by atoms with van der Waals surface area (Å²) in [6.07, 6.45) is 5.97. The van der Waals surface area contributed by atoms with E-state index in [4.69, 9.17) is 5.73 Å². The Kier molecular flexibility index (Phi) is 4.44. The van der Waals surface area contributed by atoms with E-state index in [0.717, 1.165) is 37.2 Å². The normalized spacial score (nSPS) is 18.6. The van der Waals surface area contributed by atoms with Crippen LogP contribution < -0.4 is 10.6 Å². The zero-order chi connectivity index (χ0) is 14.7. The van der Waals surface area contributed by atoms with Crippen molar-refractivity contribution < 1.29 is 4.79 Å². The van der Waals surface area contributed by atoms with E-state index in [2.05, 4.69) is 29.2 Å². The summed E-state index contributed by atoms with van der Waals surface area (Å²) in [7, 11) is 0. The molecule has 1 aliphatic heterocycles. The Morgan fingerprint density at radius 2 is 1.81 bits per heavy atom. The van der Waals surface area contributed by atoms with E-state index in [1.165, 1.54) is 19.3 Å². The van der Waals surface area contributed by atoms with E-state index < -0.39 is 0 Å². The third-order valence-corrected chi connectivity index (χ3v) is 4.51. The second-order valence-corrected chi connectivity index (χ2v) is 6.17. The van der Waals surface area contributed by atoms with Gasteiger partial charge in [-0.3, -0.25) is 4.79 Å². The number of rotatable bonds is 5. The van der Waals surface area contributed by atoms with Crippen LogP contribution in [0.5, 0.6) is 0 Å². The molecule has 2 fully saturated rings. The van der Waals surface area contributed by atoms with Crippen LogP contribution in [-0.2, 0) is 11.3 Å². The van der Waals surface area contributed by atoms with Gasteiger partial charge < -0.3 is 15.5 Å². The van der Waals surface area contributed by atoms with Crippen LogP contribution in [0.1, 0.15) is 37.7 Å². The first kappa shape index (κ1) is 14.4. The number of likely N-dealkylation sites (tertiary alicyclic amines) is 1. The topological polar surface area (TPSA) is 49.6 Å². The second kappa shape index (κ2) is 6.48. The van der Waals surface area contributed by atoms with E-state index in [1.54, 1.807) is 0 Å². The first-order chi connectivity index (χ1) is 10.3. The third kappa shape index (κ3) is 3.56. The first-order valence-corrected chi connectivity index (χ1v) is 8.11. The first-order valence-electron chi connectivity index (χ1n) is 8.11. The van der Waals surface area contributed by atoms with Crippen molar-refractivity contribution in [3.05, 3.63) is 29.8 Å². The molecule has 114 valence electrons. The lowest BCUT2D eigenvalue weighted by molar-refractivity contribution is -0.130. The number of carbonyl (C=O) groups excluding carboxylic acids is 1. The van der Waals surface area contributed by atoms with Gasteiger partial charge in [-0.1, -0.05) is 12.1 Å². The molecule has 4 nitrogen and oxygen atoms in total. The van der Waals surface area contributed by atoms with Gasteiger partial charge in [-0.15, -0.1) is 0 Å². The van der Waals surface area contributed by atoms with Crippen molar-refractivity contribution in [3.63, 3.8) is 0 Å². The summed E-state index contributed by atoms with van der Waals surface area (Å²) in [6, 6.07) is 8.88. The fourth-order valence-corrected chi connectivity index (χ4v) is 3.03. The second-order valence-electron chi connectivity index (χ2n) is 6.17. The van der Waals surface area contributed by atoms with Crippen LogP contribution in [0.15, 0.2) is 24.3 Å². The molecule has 0 aromatic heterocycles. The van der Waals surface area contributed by atoms with Crippen molar-refractivity contribution in [2.75, 3.05) is 24.5 Å². The molecule has 2 aliphatic rings. The fraction of sp³-hybridized carbons (Fsp3) is 0.588. The van der Waals surface area contributed by atoms with Gasteiger partial charge >= 0.3 is 0 Å². The van der Waals surface area contributed by atoms with Crippen LogP contribution in [-0.4, -0.2) is 36.5 Å². The maximum Gasteiger partial charge on any atom is 0.242 e. The lowest BCUT2D eigenvalue weighted by Crippen LogP contribution is -2.43. The Morgan fingerprint density at radius 1 is 1.14 bits per heavy atom. The lowest BCUT2D eigenvalue weighted by Gasteiger charge is -2.31. The van der Waals surface area contributed by atoms with Crippen molar-refractivity contribution in [2.24, 2.45) is 5.73 Å². The summed E-state index contributed by atoms with van der Waals surface area (Å²) in [6.45, 7) is 2.95. The number of hydrogen-bond donors (Lipinski definition) is 1. The number of nitrogens with zero attached hydrogens (tertiary/aromatic N) is 2. The molecular weight excluding hydrogens is 262 g/mol. The predicted octanol–water partition coefficient (Wildman–Crippen LogP) is 2.13. The summed E-state index contributed by atoms with van der Waals surface area (Å²) in [5, 5.41) is 0. The van der Waals surface area contributed by atoms with Gasteiger partial charge in [0.1, 0.15) is 0 Å². The summed E-state index contributed by atoms with van der Waals surface area (Å²) in [5.74, 6) is 0.282. The molecule has 1 saturated carbocycles. The van der Waals surface area contributed by atoms with E-state index in [9.17, 15) is 4.79 Å². The molecule has 21 heavy (non-hydrogen) atoms. The molecule has 0 atom stereocenters. The summed E-state index contributed by atoms with van der Waals surface area (Å²) >= 11 is 0. The van der Waals surface area contributed by atoms with Gasteiger partial charge in [-0.05, 0) is 49.8 Å². The summed E-state index contributed by atoms with van der Waals surface area (Å²) < 4.78 is 0. The Labute approximate surface area is 126 Å². The molecule has 0 bridgehead atoms. The highest BCUT2D eigenvalue weighted by Gasteiger charge is 2.31. The molecule has 1 heterocycles. The number of carbonyl (C=O) groups is 1. The Morgan fingerprint density at radius 3 is 2.38 bits per heavy atom. The molecule has 1 aromatic carbocycles. The number of anilines is 1. The van der Waals surface area contributed by atoms with Gasteiger partial charge in [0.05, 0.1) is 6.54 Å². The number of benzene rings is 1. The third-order valence-electron chi connectivity index (χ3n) is 4.51. The van der Waals surface area contributed by atoms with Crippen molar-refractivity contribution in [3.8, 4) is 0 Å². The maximum absolute atomic E-state index is 12.5. The molecule has 1 amide bonds. The van der Waals surface area contributed by atoms with Gasteiger partial charge in [-0.25, -0.2) is 0 Å². The quantitative estimate of drug-likeness (QED) is 0.902. The number of hydrogen-bond acceptors (Lipinski definition) is 3. The zero-order valence-electron chi connectivity index (χ0n) is 12.6. The van der Waals surface area contributed by atoms with E-state index in [0.29, 0.717) is 19.1 Å². The lowest BCUT2D eigenvalue weighted by atomic mass is 10.1. The molecule has 0 unspecified atom stereocenters. The van der Waals surface area contributed by atoms with Gasteiger partial charge in [0, 0.05) is 31.4 Å². The van der Waals surface area contributed by atoms with Crippen LogP contribution in [0, 0.1) is 0 Å². The minimum atomic E-state index is 0.282. The highest BCUT2D eigenvalue weighted by atomic mass is 16.2. The van der Waals surface area contributed by atoms with Gasteiger partial charge in [-0.2, -0.15) is 0 Å². The van der Waals surface area contributed by atoms with Crippen LogP contribution in [0.2, 0.25) is 0 Å². The molecular formula is C17H25N3O. The van der Waals surface area contributed by atoms with Crippen molar-refractivity contribution >= 4 is 11.6 Å². The molecule has 4 heteroatoms. The Hall–Kier alpha value is -1.55. The monoisotopic (exact) mass is 287 g/mol. The largest absolute Gasteiger partial charge is 0.359 e. The zero-order valence-corrected chi connectivity index (χ0v) is 12.6. The molecule has 0 radical (unpaired) electrons. The van der Waals surface area contributed by atoms with Crippen molar-refractivity contribution in [1.29, 1.82) is 0 Å². The average Bonchev–Trinajstić information content (AvgIpc) is 3.38. The van der Waals surface area contributed by atoms with E-state index in [-0.39, 0.29) is 5.91 Å². The Bertz CT molecular complexity index is 475. The fourth-order valence-electron chi connectivity index (χ4n) is 3.03. The van der Waals surface area contributed by atoms with Gasteiger partial charge in [0.25, 0.3) is 0 Å². The van der Waals surface area contributed by atoms with Gasteiger partial charge in [0.2, 0.25) is 5.91 Å². The van der Waals surface area contributed by atoms with Crippen LogP contribution in [0.3, 0.4) is 0 Å². The SMILES string of the molecule is NCc1ccc(N(CC(=O)N2CCCCC2)C2CC2)cc1. The van der Waals surface area contributed by atoms with Crippen LogP contribution >= 0.6 is 0 Å². The maximum atomic E-state index is 12.5. The van der Waals surface area contributed by atoms with E-state index >= 15 is 0 Å². The standard InChI is InChI=1S/C17H25N3O/c18-12-14-4-6-15(7-5-14)20(16-8-9-16)13-17(21)19-10-2-1-3-11-19/h4-7,16H,1-3,8-13,18H2. The number of amides is 1. The minimum Gasteiger partial charge on any atom is -0.359 e. The van der Waals surface area contributed by atoms with E-state index in [1.807, 2.05) is 4.90 Å². The highest BCUT2D eigenvalue weighted by Crippen LogP contribution is 2.31.